The van der Waals surface area contributed by atoms with E-state index in [1.807, 2.05) is 13.0 Å². The smallest absolute Gasteiger partial charge is 1.00 e. The minimum atomic E-state index is -4.67. The van der Waals surface area contributed by atoms with E-state index in [1.54, 1.807) is 0 Å². The van der Waals surface area contributed by atoms with Crippen LogP contribution in [0, 0.1) is 0 Å². The Morgan fingerprint density at radius 1 is 0.622 bits per heavy atom. The Hall–Kier alpha value is 0.0400. The van der Waals surface area contributed by atoms with Crippen molar-refractivity contribution in [3.05, 3.63) is 12.2 Å². The molecule has 45 heavy (non-hydrogen) atoms. The Labute approximate surface area is 303 Å². The number of nitrogens with one attached hydrogen (secondary N) is 1. The molecule has 7 nitrogen and oxygen atoms in total. The topological polar surface area (TPSA) is 124 Å². The summed E-state index contributed by atoms with van der Waals surface area (Å²) < 4.78 is 31.6. The summed E-state index contributed by atoms with van der Waals surface area (Å²) in [5, 5.41) is 13.3. The number of carbonyl (C=O) groups is 1. The van der Waals surface area contributed by atoms with Crippen molar-refractivity contribution in [2.45, 2.75) is 213 Å². The summed E-state index contributed by atoms with van der Waals surface area (Å²) in [5.74, 6) is 0.0787. The van der Waals surface area contributed by atoms with Crippen molar-refractivity contribution >= 4 is 16.3 Å². The molecule has 9 heteroatoms. The van der Waals surface area contributed by atoms with E-state index in [4.69, 9.17) is 17.5 Å². The first-order valence-electron chi connectivity index (χ1n) is 18.5. The van der Waals surface area contributed by atoms with Gasteiger partial charge in [0, 0.05) is 6.42 Å². The molecule has 0 aliphatic rings. The van der Waals surface area contributed by atoms with Gasteiger partial charge in [0.2, 0.25) is 5.91 Å². The summed E-state index contributed by atoms with van der Waals surface area (Å²) >= 11 is 0. The molecule has 0 aliphatic heterocycles. The molecule has 0 saturated carbocycles. The third-order valence-electron chi connectivity index (χ3n) is 8.22. The van der Waals surface area contributed by atoms with Crippen LogP contribution in [0.25, 0.3) is 0 Å². The zero-order valence-electron chi connectivity index (χ0n) is 31.1. The fraction of sp³-hybridized carbons (Fsp3) is 0.917. The van der Waals surface area contributed by atoms with Gasteiger partial charge in [-0.1, -0.05) is 180 Å². The number of hydrogen-bond donors (Lipinski definition) is 4. The standard InChI is InChI=1S/C36H71NO2.Na.H2O4S.H/c1-4-6-8-10-12-14-16-18-19-21-23-25-27-29-31-33-36(39)37-34(3)35(38)32-30-28-26-24-22-20-17-15-13-11-9-7-5-2;;1-5(2,3)4;/h30,32,34-35,38H,4-29,31,33H2,1-3H3,(H,37,39);;(H2,1,2,3,4);/q;+1;;-1. The van der Waals surface area contributed by atoms with Crippen molar-refractivity contribution in [2.75, 3.05) is 0 Å². The zero-order chi connectivity index (χ0) is 33.2. The van der Waals surface area contributed by atoms with Crippen molar-refractivity contribution in [3.8, 4) is 0 Å². The van der Waals surface area contributed by atoms with Gasteiger partial charge in [0.25, 0.3) is 0 Å². The molecule has 0 saturated heterocycles. The number of carbonyl (C=O) groups excluding carboxylic acids is 1. The fourth-order valence-electron chi connectivity index (χ4n) is 5.40. The maximum absolute atomic E-state index is 12.2. The molecule has 0 spiro atoms. The first kappa shape index (κ1) is 49.4. The first-order valence-corrected chi connectivity index (χ1v) is 19.8. The second-order valence-corrected chi connectivity index (χ2v) is 13.6. The van der Waals surface area contributed by atoms with Crippen molar-refractivity contribution in [1.29, 1.82) is 0 Å². The van der Waals surface area contributed by atoms with Gasteiger partial charge in [0.1, 0.15) is 0 Å². The van der Waals surface area contributed by atoms with E-state index >= 15 is 0 Å². The third kappa shape index (κ3) is 48.5. The molecule has 0 fully saturated rings. The summed E-state index contributed by atoms with van der Waals surface area (Å²) in [7, 11) is -4.67. The first-order chi connectivity index (χ1) is 21.1. The number of aliphatic hydroxyl groups excluding tert-OH is 1. The van der Waals surface area contributed by atoms with Gasteiger partial charge in [0.05, 0.1) is 12.1 Å². The molecule has 0 aliphatic carbocycles. The number of unbranched alkanes of at least 4 members (excludes halogenated alkanes) is 25. The summed E-state index contributed by atoms with van der Waals surface area (Å²) in [6.45, 7) is 6.46. The van der Waals surface area contributed by atoms with Crippen LogP contribution in [0.2, 0.25) is 0 Å². The van der Waals surface area contributed by atoms with Gasteiger partial charge in [-0.2, -0.15) is 8.42 Å². The van der Waals surface area contributed by atoms with Crippen molar-refractivity contribution in [3.63, 3.8) is 0 Å². The fourth-order valence-corrected chi connectivity index (χ4v) is 5.40. The van der Waals surface area contributed by atoms with Gasteiger partial charge < -0.3 is 11.8 Å². The second kappa shape index (κ2) is 38.5. The van der Waals surface area contributed by atoms with Crippen molar-refractivity contribution in [1.82, 2.24) is 5.32 Å². The predicted molar refractivity (Wildman–Crippen MR) is 189 cm³/mol. The van der Waals surface area contributed by atoms with Gasteiger partial charge in [-0.05, 0) is 26.2 Å². The Morgan fingerprint density at radius 3 is 1.24 bits per heavy atom. The van der Waals surface area contributed by atoms with E-state index in [-0.39, 0.29) is 42.9 Å². The quantitative estimate of drug-likeness (QED) is 0.0258. The van der Waals surface area contributed by atoms with Crippen LogP contribution in [0.5, 0.6) is 0 Å². The molecule has 0 aromatic rings. The van der Waals surface area contributed by atoms with Crippen LogP contribution >= 0.6 is 0 Å². The monoisotopic (exact) mass is 672 g/mol. The summed E-state index contributed by atoms with van der Waals surface area (Å²) in [6.07, 6.45) is 39.9. The number of rotatable bonds is 31. The molecule has 0 heterocycles. The average molecular weight is 672 g/mol. The van der Waals surface area contributed by atoms with Crippen LogP contribution in [0.4, 0.5) is 0 Å². The molecular weight excluding hydrogens is 597 g/mol. The van der Waals surface area contributed by atoms with Gasteiger partial charge in [-0.3, -0.25) is 13.9 Å². The SMILES string of the molecule is CCCCCCCCCCCCCC=CC(O)C(C)NC(=O)CCCCCCCCCCCCCCCCC.O=S(=O)(O)O.[H-].[Na+]. The van der Waals surface area contributed by atoms with E-state index in [1.165, 1.54) is 154 Å². The molecule has 2 atom stereocenters. The van der Waals surface area contributed by atoms with Gasteiger partial charge >= 0.3 is 40.0 Å². The van der Waals surface area contributed by atoms with Crippen LogP contribution in [-0.4, -0.2) is 40.7 Å². The van der Waals surface area contributed by atoms with Gasteiger partial charge in [-0.25, -0.2) is 0 Å². The Morgan fingerprint density at radius 2 is 0.911 bits per heavy atom. The minimum Gasteiger partial charge on any atom is -1.00 e. The largest absolute Gasteiger partial charge is 1.00 e. The molecule has 0 radical (unpaired) electrons. The summed E-state index contributed by atoms with van der Waals surface area (Å²) in [6, 6.07) is -0.220. The maximum Gasteiger partial charge on any atom is 1.00 e. The third-order valence-corrected chi connectivity index (χ3v) is 8.22. The Kier molecular flexibility index (Phi) is 42.3. The molecule has 1 amide bonds. The van der Waals surface area contributed by atoms with Gasteiger partial charge in [0.15, 0.2) is 0 Å². The van der Waals surface area contributed by atoms with E-state index in [2.05, 4.69) is 25.2 Å². The maximum atomic E-state index is 12.2. The van der Waals surface area contributed by atoms with E-state index < -0.39 is 16.5 Å². The van der Waals surface area contributed by atoms with E-state index in [0.717, 1.165) is 19.3 Å². The minimum absolute atomic E-state index is 0. The number of allylic oxidation sites excluding steroid dienone is 1. The number of amides is 1. The Bertz CT molecular complexity index is 734. The van der Waals surface area contributed by atoms with Crippen LogP contribution in [0.1, 0.15) is 202 Å². The molecule has 0 aromatic heterocycles. The van der Waals surface area contributed by atoms with E-state index in [0.29, 0.717) is 6.42 Å². The van der Waals surface area contributed by atoms with Crippen LogP contribution in [0.3, 0.4) is 0 Å². The normalized spacial score (nSPS) is 12.8. The van der Waals surface area contributed by atoms with Crippen molar-refractivity contribution in [2.24, 2.45) is 0 Å². The molecule has 4 N–H and O–H groups in total. The summed E-state index contributed by atoms with van der Waals surface area (Å²) in [4.78, 5) is 12.2. The molecule has 0 rings (SSSR count). The second-order valence-electron chi connectivity index (χ2n) is 12.7. The van der Waals surface area contributed by atoms with Crippen molar-refractivity contribution < 1.29 is 58.4 Å². The molecule has 0 aromatic carbocycles. The predicted octanol–water partition coefficient (Wildman–Crippen LogP) is 7.83. The van der Waals surface area contributed by atoms with Crippen LogP contribution in [0.15, 0.2) is 12.2 Å². The zero-order valence-corrected chi connectivity index (χ0v) is 32.9. The summed E-state index contributed by atoms with van der Waals surface area (Å²) in [5.41, 5.74) is 0. The average Bonchev–Trinajstić information content (AvgIpc) is 2.96. The number of aliphatic hydroxyl groups is 1. The van der Waals surface area contributed by atoms with Crippen LogP contribution in [-0.2, 0) is 15.2 Å². The van der Waals surface area contributed by atoms with E-state index in [9.17, 15) is 9.90 Å². The molecule has 2 unspecified atom stereocenters. The molecule has 0 bridgehead atoms. The molecular formula is C36H74NNaO6S. The van der Waals surface area contributed by atoms with Crippen LogP contribution < -0.4 is 34.9 Å². The number of hydrogen-bond acceptors (Lipinski definition) is 4. The molecule has 266 valence electrons. The van der Waals surface area contributed by atoms with Gasteiger partial charge in [-0.15, -0.1) is 0 Å². The Balaban J connectivity index is -0.00000116.